The van der Waals surface area contributed by atoms with Gasteiger partial charge in [-0.1, -0.05) is 12.5 Å². The molecule has 0 aromatic heterocycles. The van der Waals surface area contributed by atoms with Gasteiger partial charge >= 0.3 is 0 Å². The van der Waals surface area contributed by atoms with E-state index in [1.54, 1.807) is 18.2 Å². The minimum absolute atomic E-state index is 0.0460. The summed E-state index contributed by atoms with van der Waals surface area (Å²) in [7, 11) is -3.64. The van der Waals surface area contributed by atoms with Crippen LogP contribution in [0, 0.1) is 29.1 Å². The molecule has 2 fully saturated rings. The molecule has 1 aromatic carbocycles. The molecule has 0 saturated heterocycles. The highest BCUT2D eigenvalue weighted by molar-refractivity contribution is 7.92. The molecule has 1 amide bonds. The van der Waals surface area contributed by atoms with Crippen molar-refractivity contribution < 1.29 is 13.2 Å². The summed E-state index contributed by atoms with van der Waals surface area (Å²) in [4.78, 5) is 12.5. The molecule has 1 N–H and O–H groups in total. The van der Waals surface area contributed by atoms with E-state index in [4.69, 9.17) is 5.26 Å². The average molecular weight is 375 g/mol. The molecule has 3 rings (SSSR count). The molecule has 2 bridgehead atoms. The van der Waals surface area contributed by atoms with E-state index in [9.17, 15) is 13.2 Å². The zero-order valence-corrected chi connectivity index (χ0v) is 16.0. The molecule has 140 valence electrons. The topological polar surface area (TPSA) is 90.3 Å². The maximum Gasteiger partial charge on any atom is 0.240 e. The number of sulfonamides is 1. The number of nitriles is 1. The Kier molecular flexibility index (Phi) is 5.24. The fourth-order valence-electron chi connectivity index (χ4n) is 4.57. The maximum absolute atomic E-state index is 12.5. The first kappa shape index (κ1) is 18.7. The molecular formula is C19H25N3O3S. The molecule has 2 aliphatic rings. The first-order valence-corrected chi connectivity index (χ1v) is 10.9. The molecule has 26 heavy (non-hydrogen) atoms. The number of nitrogens with one attached hydrogen (secondary N) is 1. The van der Waals surface area contributed by atoms with E-state index < -0.39 is 10.0 Å². The standard InChI is InChI=1S/C19H25N3O3S/c1-13(18-10-14-6-7-16(18)8-14)21-19(23)12-22(26(2,24)25)17-5-3-4-15(9-17)11-20/h3-5,9,13-14,16,18H,6-8,10,12H2,1-2H3,(H,21,23)/t13-,14+,16+,18-/m1/s1. The number of rotatable bonds is 6. The molecule has 2 aliphatic carbocycles. The highest BCUT2D eigenvalue weighted by Crippen LogP contribution is 2.49. The van der Waals surface area contributed by atoms with Crippen molar-refractivity contribution >= 4 is 21.6 Å². The van der Waals surface area contributed by atoms with E-state index >= 15 is 0 Å². The predicted octanol–water partition coefficient (Wildman–Crippen LogP) is 2.27. The van der Waals surface area contributed by atoms with Gasteiger partial charge in [0, 0.05) is 6.04 Å². The quantitative estimate of drug-likeness (QED) is 0.826. The first-order valence-electron chi connectivity index (χ1n) is 9.05. The van der Waals surface area contributed by atoms with Crippen molar-refractivity contribution in [2.24, 2.45) is 17.8 Å². The van der Waals surface area contributed by atoms with Gasteiger partial charge in [-0.15, -0.1) is 0 Å². The van der Waals surface area contributed by atoms with Crippen LogP contribution in [0.25, 0.3) is 0 Å². The van der Waals surface area contributed by atoms with Crippen molar-refractivity contribution in [3.05, 3.63) is 29.8 Å². The van der Waals surface area contributed by atoms with Crippen molar-refractivity contribution in [2.75, 3.05) is 17.1 Å². The van der Waals surface area contributed by atoms with Gasteiger partial charge < -0.3 is 5.32 Å². The normalized spacial score (nSPS) is 25.5. The molecule has 0 radical (unpaired) electrons. The van der Waals surface area contributed by atoms with Crippen LogP contribution in [0.3, 0.4) is 0 Å². The van der Waals surface area contributed by atoms with Crippen molar-refractivity contribution in [2.45, 2.75) is 38.6 Å². The number of carbonyl (C=O) groups is 1. The Bertz CT molecular complexity index is 831. The van der Waals surface area contributed by atoms with E-state index in [0.717, 1.165) is 22.9 Å². The Labute approximate surface area is 155 Å². The van der Waals surface area contributed by atoms with Gasteiger partial charge in [0.25, 0.3) is 0 Å². The summed E-state index contributed by atoms with van der Waals surface area (Å²) < 4.78 is 25.4. The monoisotopic (exact) mass is 375 g/mol. The SMILES string of the molecule is C[C@@H](NC(=O)CN(c1cccc(C#N)c1)S(C)(=O)=O)[C@H]1C[C@H]2CC[C@H]1C2. The average Bonchev–Trinajstić information content (AvgIpc) is 3.22. The second-order valence-corrected chi connectivity index (χ2v) is 9.53. The summed E-state index contributed by atoms with van der Waals surface area (Å²) in [6, 6.07) is 8.32. The van der Waals surface area contributed by atoms with Gasteiger partial charge in [0.1, 0.15) is 6.54 Å². The summed E-state index contributed by atoms with van der Waals surface area (Å²) in [5, 5.41) is 12.0. The summed E-state index contributed by atoms with van der Waals surface area (Å²) >= 11 is 0. The second kappa shape index (κ2) is 7.28. The molecular weight excluding hydrogens is 350 g/mol. The van der Waals surface area contributed by atoms with Crippen LogP contribution in [0.1, 0.15) is 38.2 Å². The number of benzene rings is 1. The van der Waals surface area contributed by atoms with Gasteiger partial charge in [-0.25, -0.2) is 8.42 Å². The molecule has 0 spiro atoms. The number of nitrogens with zero attached hydrogens (tertiary/aromatic N) is 2. The van der Waals surface area contributed by atoms with E-state index in [-0.39, 0.29) is 18.5 Å². The lowest BCUT2D eigenvalue weighted by molar-refractivity contribution is -0.120. The van der Waals surface area contributed by atoms with Crippen LogP contribution in [-0.2, 0) is 14.8 Å². The summed E-state index contributed by atoms with van der Waals surface area (Å²) in [6.45, 7) is 1.74. The van der Waals surface area contributed by atoms with E-state index in [0.29, 0.717) is 23.1 Å². The van der Waals surface area contributed by atoms with Gasteiger partial charge in [0.15, 0.2) is 0 Å². The fraction of sp³-hybridized carbons (Fsp3) is 0.579. The van der Waals surface area contributed by atoms with Crippen LogP contribution in [0.15, 0.2) is 24.3 Å². The number of carbonyl (C=O) groups excluding carboxylic acids is 1. The Morgan fingerprint density at radius 2 is 2.15 bits per heavy atom. The zero-order chi connectivity index (χ0) is 18.9. The molecule has 0 heterocycles. The third-order valence-electron chi connectivity index (χ3n) is 5.77. The number of fused-ring (bicyclic) bond motifs is 2. The second-order valence-electron chi connectivity index (χ2n) is 7.63. The fourth-order valence-corrected chi connectivity index (χ4v) is 5.42. The highest BCUT2D eigenvalue weighted by Gasteiger charge is 2.42. The Morgan fingerprint density at radius 3 is 2.73 bits per heavy atom. The predicted molar refractivity (Wildman–Crippen MR) is 99.9 cm³/mol. The van der Waals surface area contributed by atoms with Crippen molar-refractivity contribution in [1.29, 1.82) is 5.26 Å². The smallest absolute Gasteiger partial charge is 0.240 e. The molecule has 2 saturated carbocycles. The largest absolute Gasteiger partial charge is 0.352 e. The zero-order valence-electron chi connectivity index (χ0n) is 15.2. The molecule has 0 unspecified atom stereocenters. The molecule has 7 heteroatoms. The number of hydrogen-bond acceptors (Lipinski definition) is 4. The number of hydrogen-bond donors (Lipinski definition) is 1. The van der Waals surface area contributed by atoms with Gasteiger partial charge in [-0.05, 0) is 62.1 Å². The van der Waals surface area contributed by atoms with Crippen molar-refractivity contribution in [3.63, 3.8) is 0 Å². The minimum atomic E-state index is -3.64. The molecule has 1 aromatic rings. The summed E-state index contributed by atoms with van der Waals surface area (Å²) in [6.07, 6.45) is 6.04. The van der Waals surface area contributed by atoms with Crippen LogP contribution in [0.4, 0.5) is 5.69 Å². The van der Waals surface area contributed by atoms with Crippen LogP contribution < -0.4 is 9.62 Å². The van der Waals surface area contributed by atoms with Crippen LogP contribution in [0.2, 0.25) is 0 Å². The van der Waals surface area contributed by atoms with Crippen LogP contribution >= 0.6 is 0 Å². The summed E-state index contributed by atoms with van der Waals surface area (Å²) in [5.41, 5.74) is 0.682. The lowest BCUT2D eigenvalue weighted by atomic mass is 9.84. The Balaban J connectivity index is 1.69. The first-order chi connectivity index (χ1) is 12.3. The van der Waals surface area contributed by atoms with E-state index in [2.05, 4.69) is 5.32 Å². The van der Waals surface area contributed by atoms with Gasteiger partial charge in [-0.3, -0.25) is 9.10 Å². The van der Waals surface area contributed by atoms with Crippen LogP contribution in [0.5, 0.6) is 0 Å². The van der Waals surface area contributed by atoms with Crippen molar-refractivity contribution in [3.8, 4) is 6.07 Å². The lowest BCUT2D eigenvalue weighted by Gasteiger charge is -2.29. The highest BCUT2D eigenvalue weighted by atomic mass is 32.2. The number of amides is 1. The Morgan fingerprint density at radius 1 is 1.38 bits per heavy atom. The van der Waals surface area contributed by atoms with Crippen molar-refractivity contribution in [1.82, 2.24) is 5.32 Å². The third kappa shape index (κ3) is 4.01. The van der Waals surface area contributed by atoms with E-state index in [1.165, 1.54) is 25.3 Å². The lowest BCUT2D eigenvalue weighted by Crippen LogP contribution is -2.46. The molecule has 4 atom stereocenters. The van der Waals surface area contributed by atoms with Gasteiger partial charge in [0.2, 0.25) is 15.9 Å². The van der Waals surface area contributed by atoms with Crippen LogP contribution in [-0.4, -0.2) is 33.2 Å². The third-order valence-corrected chi connectivity index (χ3v) is 6.92. The van der Waals surface area contributed by atoms with E-state index in [1.807, 2.05) is 13.0 Å². The summed E-state index contributed by atoms with van der Waals surface area (Å²) in [5.74, 6) is 1.67. The van der Waals surface area contributed by atoms with Gasteiger partial charge in [-0.2, -0.15) is 5.26 Å². The number of anilines is 1. The maximum atomic E-state index is 12.5. The minimum Gasteiger partial charge on any atom is -0.352 e. The van der Waals surface area contributed by atoms with Gasteiger partial charge in [0.05, 0.1) is 23.6 Å². The molecule has 0 aliphatic heterocycles. The Hall–Kier alpha value is -2.07. The molecule has 6 nitrogen and oxygen atoms in total.